The Bertz CT molecular complexity index is 891. The lowest BCUT2D eigenvalue weighted by atomic mass is 10.2. The van der Waals surface area contributed by atoms with Gasteiger partial charge >= 0.3 is 0 Å². The zero-order valence-corrected chi connectivity index (χ0v) is 12.8. The minimum absolute atomic E-state index is 0.0160. The van der Waals surface area contributed by atoms with E-state index < -0.39 is 15.8 Å². The Morgan fingerprint density at radius 2 is 1.91 bits per heavy atom. The summed E-state index contributed by atoms with van der Waals surface area (Å²) in [7, 11) is -3.91. The molecule has 1 N–H and O–H groups in total. The molecule has 3 rings (SSSR count). The van der Waals surface area contributed by atoms with E-state index in [1.807, 2.05) is 0 Å². The van der Waals surface area contributed by atoms with Crippen LogP contribution in [-0.2, 0) is 16.6 Å². The molecule has 0 unspecified atom stereocenters. The number of rotatable bonds is 5. The molecule has 0 saturated heterocycles. The van der Waals surface area contributed by atoms with Gasteiger partial charge in [0, 0.05) is 12.7 Å². The molecule has 0 fully saturated rings. The van der Waals surface area contributed by atoms with Crippen molar-refractivity contribution in [2.45, 2.75) is 11.4 Å². The predicted molar refractivity (Wildman–Crippen MR) is 82.4 cm³/mol. The van der Waals surface area contributed by atoms with Crippen LogP contribution in [0.3, 0.4) is 0 Å². The quantitative estimate of drug-likeness (QED) is 0.780. The number of hydrogen-bond acceptors (Lipinski definition) is 4. The predicted octanol–water partition coefficient (Wildman–Crippen LogP) is 2.96. The number of sulfonamides is 1. The SMILES string of the molecule is O=S(=O)(NCc1ccc(-c2ccco2)nc1)c1ccccc1F. The van der Waals surface area contributed by atoms with Crippen molar-refractivity contribution >= 4 is 10.0 Å². The smallest absolute Gasteiger partial charge is 0.243 e. The van der Waals surface area contributed by atoms with Gasteiger partial charge in [-0.25, -0.2) is 17.5 Å². The number of nitrogens with zero attached hydrogens (tertiary/aromatic N) is 1. The standard InChI is InChI=1S/C16H13FN2O3S/c17-13-4-1-2-6-16(13)23(20,21)19-11-12-7-8-14(18-10-12)15-5-3-9-22-15/h1-10,19H,11H2. The number of pyridine rings is 1. The third-order valence-corrected chi connectivity index (χ3v) is 4.63. The highest BCUT2D eigenvalue weighted by Gasteiger charge is 2.18. The van der Waals surface area contributed by atoms with Crippen LogP contribution in [0.2, 0.25) is 0 Å². The lowest BCUT2D eigenvalue weighted by Gasteiger charge is -2.07. The summed E-state index contributed by atoms with van der Waals surface area (Å²) < 4.78 is 45.4. The maximum atomic E-state index is 13.6. The van der Waals surface area contributed by atoms with E-state index in [0.717, 1.165) is 6.07 Å². The molecule has 0 spiro atoms. The Morgan fingerprint density at radius 1 is 1.09 bits per heavy atom. The Labute approximate surface area is 132 Å². The van der Waals surface area contributed by atoms with Crippen molar-refractivity contribution in [3.63, 3.8) is 0 Å². The molecule has 2 heterocycles. The van der Waals surface area contributed by atoms with Crippen LogP contribution in [0.5, 0.6) is 0 Å². The molecule has 23 heavy (non-hydrogen) atoms. The van der Waals surface area contributed by atoms with Crippen LogP contribution < -0.4 is 4.72 Å². The van der Waals surface area contributed by atoms with Gasteiger partial charge in [-0.3, -0.25) is 4.98 Å². The largest absolute Gasteiger partial charge is 0.463 e. The van der Waals surface area contributed by atoms with Crippen molar-refractivity contribution in [1.29, 1.82) is 0 Å². The van der Waals surface area contributed by atoms with Crippen molar-refractivity contribution in [3.05, 3.63) is 72.4 Å². The van der Waals surface area contributed by atoms with E-state index in [9.17, 15) is 12.8 Å². The lowest BCUT2D eigenvalue weighted by molar-refractivity contribution is 0.556. The summed E-state index contributed by atoms with van der Waals surface area (Å²) in [4.78, 5) is 3.83. The van der Waals surface area contributed by atoms with Gasteiger partial charge in [0.2, 0.25) is 10.0 Å². The van der Waals surface area contributed by atoms with Crippen LogP contribution in [0.1, 0.15) is 5.56 Å². The molecule has 2 aromatic heterocycles. The lowest BCUT2D eigenvalue weighted by Crippen LogP contribution is -2.24. The number of benzene rings is 1. The van der Waals surface area contributed by atoms with Crippen LogP contribution in [0, 0.1) is 5.82 Å². The van der Waals surface area contributed by atoms with Crippen molar-refractivity contribution in [3.8, 4) is 11.5 Å². The molecular formula is C16H13FN2O3S. The molecule has 3 aromatic rings. The highest BCUT2D eigenvalue weighted by Crippen LogP contribution is 2.18. The molecule has 0 saturated carbocycles. The first kappa shape index (κ1) is 15.4. The zero-order valence-electron chi connectivity index (χ0n) is 11.9. The van der Waals surface area contributed by atoms with Crippen LogP contribution >= 0.6 is 0 Å². The third kappa shape index (κ3) is 3.46. The fraction of sp³-hybridized carbons (Fsp3) is 0.0625. The van der Waals surface area contributed by atoms with Gasteiger partial charge in [-0.1, -0.05) is 18.2 Å². The number of furan rings is 1. The molecule has 0 aliphatic heterocycles. The highest BCUT2D eigenvalue weighted by molar-refractivity contribution is 7.89. The van der Waals surface area contributed by atoms with E-state index in [1.165, 1.54) is 18.2 Å². The summed E-state index contributed by atoms with van der Waals surface area (Å²) in [6, 6.07) is 12.2. The van der Waals surface area contributed by atoms with E-state index in [4.69, 9.17) is 4.42 Å². The minimum Gasteiger partial charge on any atom is -0.463 e. The van der Waals surface area contributed by atoms with Gasteiger partial charge in [0.05, 0.1) is 6.26 Å². The molecule has 0 bridgehead atoms. The molecule has 0 radical (unpaired) electrons. The summed E-state index contributed by atoms with van der Waals surface area (Å²) in [6.45, 7) is 0.0160. The van der Waals surface area contributed by atoms with E-state index in [-0.39, 0.29) is 11.4 Å². The molecule has 0 aliphatic carbocycles. The molecule has 7 heteroatoms. The van der Waals surface area contributed by atoms with Crippen molar-refractivity contribution in [1.82, 2.24) is 9.71 Å². The summed E-state index contributed by atoms with van der Waals surface area (Å²) in [5, 5.41) is 0. The fourth-order valence-electron chi connectivity index (χ4n) is 2.02. The normalized spacial score (nSPS) is 11.5. The zero-order chi connectivity index (χ0) is 16.3. The number of hydrogen-bond donors (Lipinski definition) is 1. The van der Waals surface area contributed by atoms with Crippen molar-refractivity contribution in [2.75, 3.05) is 0 Å². The Balaban J connectivity index is 1.72. The van der Waals surface area contributed by atoms with Gasteiger partial charge in [-0.15, -0.1) is 0 Å². The van der Waals surface area contributed by atoms with Gasteiger partial charge in [0.25, 0.3) is 0 Å². The molecule has 0 aliphatic rings. The van der Waals surface area contributed by atoms with Crippen LogP contribution in [0.4, 0.5) is 4.39 Å². The first-order valence-electron chi connectivity index (χ1n) is 6.79. The van der Waals surface area contributed by atoms with E-state index in [2.05, 4.69) is 9.71 Å². The van der Waals surface area contributed by atoms with E-state index in [1.54, 1.807) is 36.7 Å². The van der Waals surface area contributed by atoms with Gasteiger partial charge in [-0.2, -0.15) is 0 Å². The number of halogens is 1. The second kappa shape index (κ2) is 6.31. The first-order chi connectivity index (χ1) is 11.1. The molecule has 1 aromatic carbocycles. The number of aromatic nitrogens is 1. The molecule has 0 amide bonds. The fourth-order valence-corrected chi connectivity index (χ4v) is 3.11. The van der Waals surface area contributed by atoms with Gasteiger partial charge < -0.3 is 4.42 Å². The average Bonchev–Trinajstić information content (AvgIpc) is 3.08. The highest BCUT2D eigenvalue weighted by atomic mass is 32.2. The Hall–Kier alpha value is -2.51. The van der Waals surface area contributed by atoms with Crippen molar-refractivity contribution in [2.24, 2.45) is 0 Å². The summed E-state index contributed by atoms with van der Waals surface area (Å²) >= 11 is 0. The van der Waals surface area contributed by atoms with Crippen molar-refractivity contribution < 1.29 is 17.2 Å². The third-order valence-electron chi connectivity index (χ3n) is 3.19. The van der Waals surface area contributed by atoms with Gasteiger partial charge in [0.15, 0.2) is 5.76 Å². The summed E-state index contributed by atoms with van der Waals surface area (Å²) in [6.07, 6.45) is 3.09. The second-order valence-corrected chi connectivity index (χ2v) is 6.52. The molecule has 5 nitrogen and oxygen atoms in total. The van der Waals surface area contributed by atoms with E-state index in [0.29, 0.717) is 17.0 Å². The van der Waals surface area contributed by atoms with Crippen LogP contribution in [-0.4, -0.2) is 13.4 Å². The average molecular weight is 332 g/mol. The van der Waals surface area contributed by atoms with E-state index >= 15 is 0 Å². The number of nitrogens with one attached hydrogen (secondary N) is 1. The maximum Gasteiger partial charge on any atom is 0.243 e. The monoisotopic (exact) mass is 332 g/mol. The molecular weight excluding hydrogens is 319 g/mol. The molecule has 118 valence electrons. The summed E-state index contributed by atoms with van der Waals surface area (Å²) in [5.41, 5.74) is 1.30. The summed E-state index contributed by atoms with van der Waals surface area (Å²) in [5.74, 6) is -0.158. The van der Waals surface area contributed by atoms with Crippen LogP contribution in [0.25, 0.3) is 11.5 Å². The Kier molecular flexibility index (Phi) is 4.22. The minimum atomic E-state index is -3.91. The topological polar surface area (TPSA) is 72.2 Å². The van der Waals surface area contributed by atoms with Gasteiger partial charge in [-0.05, 0) is 35.9 Å². The second-order valence-electron chi connectivity index (χ2n) is 4.78. The first-order valence-corrected chi connectivity index (χ1v) is 8.27. The maximum absolute atomic E-state index is 13.6. The molecule has 0 atom stereocenters. The van der Waals surface area contributed by atoms with Gasteiger partial charge in [0.1, 0.15) is 16.4 Å². The Morgan fingerprint density at radius 3 is 2.57 bits per heavy atom. The van der Waals surface area contributed by atoms with Crippen LogP contribution in [0.15, 0.2) is 70.3 Å².